The maximum absolute atomic E-state index is 13.0. The van der Waals surface area contributed by atoms with Gasteiger partial charge in [-0.15, -0.1) is 0 Å². The molecule has 3 unspecified atom stereocenters. The van der Waals surface area contributed by atoms with Gasteiger partial charge in [-0.05, 0) is 48.3 Å². The highest BCUT2D eigenvalue weighted by Crippen LogP contribution is 2.65. The first-order valence-electron chi connectivity index (χ1n) is 8.57. The molecule has 1 saturated heterocycles. The third-order valence-electron chi connectivity index (χ3n) is 6.31. The zero-order chi connectivity index (χ0) is 16.6. The molecule has 2 aliphatic carbocycles. The Morgan fingerprint density at radius 1 is 1.17 bits per heavy atom. The van der Waals surface area contributed by atoms with Gasteiger partial charge >= 0.3 is 0 Å². The summed E-state index contributed by atoms with van der Waals surface area (Å²) in [5.74, 6) is -0.713. The highest BCUT2D eigenvalue weighted by Gasteiger charge is 2.58. The quantitative estimate of drug-likeness (QED) is 0.758. The van der Waals surface area contributed by atoms with Crippen LogP contribution in [0.4, 0.5) is 0 Å². The van der Waals surface area contributed by atoms with Crippen molar-refractivity contribution in [3.05, 3.63) is 34.9 Å². The average Bonchev–Trinajstić information content (AvgIpc) is 3.28. The molecule has 2 aliphatic heterocycles. The van der Waals surface area contributed by atoms with Gasteiger partial charge in [0.25, 0.3) is 5.91 Å². The van der Waals surface area contributed by atoms with Crippen molar-refractivity contribution in [1.29, 1.82) is 0 Å². The summed E-state index contributed by atoms with van der Waals surface area (Å²) in [6.45, 7) is 0. The van der Waals surface area contributed by atoms with Crippen LogP contribution in [-0.4, -0.2) is 28.7 Å². The lowest BCUT2D eigenvalue weighted by atomic mass is 9.74. The summed E-state index contributed by atoms with van der Waals surface area (Å²) < 4.78 is 0. The Hall–Kier alpha value is -2.21. The van der Waals surface area contributed by atoms with Crippen molar-refractivity contribution in [2.24, 2.45) is 11.1 Å². The second-order valence-corrected chi connectivity index (χ2v) is 7.55. The molecule has 2 fully saturated rings. The summed E-state index contributed by atoms with van der Waals surface area (Å²) in [5.41, 5.74) is 9.32. The minimum absolute atomic E-state index is 0.0294. The summed E-state index contributed by atoms with van der Waals surface area (Å²) in [5, 5.41) is 2.38. The first-order chi connectivity index (χ1) is 11.5. The van der Waals surface area contributed by atoms with Gasteiger partial charge in [0.05, 0.1) is 6.04 Å². The standard InChI is InChI=1S/C18H19N3O3/c19-15-9-2-1-3-10-14(9)12(8-18(15)6-7-18)21(17(10)24)11-4-5-13(22)20-16(11)23/h1-3,11-12,15H,4-8,19H2,(H,20,22,23). The molecule has 0 radical (unpaired) electrons. The van der Waals surface area contributed by atoms with Crippen LogP contribution in [0.25, 0.3) is 0 Å². The molecule has 0 aromatic heterocycles. The van der Waals surface area contributed by atoms with E-state index in [1.54, 1.807) is 4.90 Å². The largest absolute Gasteiger partial charge is 0.323 e. The number of rotatable bonds is 1. The van der Waals surface area contributed by atoms with Crippen molar-refractivity contribution in [2.45, 2.75) is 50.2 Å². The molecule has 6 heteroatoms. The number of benzene rings is 1. The van der Waals surface area contributed by atoms with Crippen molar-refractivity contribution in [3.63, 3.8) is 0 Å². The van der Waals surface area contributed by atoms with E-state index in [-0.39, 0.29) is 41.6 Å². The SMILES string of the molecule is NC1c2cccc3c2C(CC12CC2)N(C1CCC(=O)NC1=O)C3=O. The van der Waals surface area contributed by atoms with E-state index in [0.29, 0.717) is 12.0 Å². The van der Waals surface area contributed by atoms with Crippen LogP contribution in [0.15, 0.2) is 18.2 Å². The normalized spacial score (nSPS) is 32.8. The van der Waals surface area contributed by atoms with Crippen LogP contribution in [0.5, 0.6) is 0 Å². The van der Waals surface area contributed by atoms with Crippen LogP contribution in [-0.2, 0) is 9.59 Å². The lowest BCUT2D eigenvalue weighted by Gasteiger charge is -2.41. The van der Waals surface area contributed by atoms with Gasteiger partial charge in [0.15, 0.2) is 0 Å². The Morgan fingerprint density at radius 3 is 2.67 bits per heavy atom. The van der Waals surface area contributed by atoms with Gasteiger partial charge in [0.1, 0.15) is 6.04 Å². The van der Waals surface area contributed by atoms with Gasteiger partial charge in [-0.2, -0.15) is 0 Å². The molecule has 2 heterocycles. The first-order valence-corrected chi connectivity index (χ1v) is 8.57. The molecule has 1 aromatic carbocycles. The lowest BCUT2D eigenvalue weighted by molar-refractivity contribution is -0.137. The fourth-order valence-corrected chi connectivity index (χ4v) is 4.86. The minimum Gasteiger partial charge on any atom is -0.323 e. The molecule has 124 valence electrons. The molecular formula is C18H19N3O3. The highest BCUT2D eigenvalue weighted by atomic mass is 16.2. The number of piperidine rings is 1. The smallest absolute Gasteiger partial charge is 0.255 e. The van der Waals surface area contributed by atoms with Gasteiger partial charge in [0, 0.05) is 18.0 Å². The number of carbonyl (C=O) groups is 3. The van der Waals surface area contributed by atoms with Gasteiger partial charge in [-0.3, -0.25) is 19.7 Å². The van der Waals surface area contributed by atoms with E-state index in [1.165, 1.54) is 0 Å². The van der Waals surface area contributed by atoms with Crippen LogP contribution in [0.1, 0.15) is 65.7 Å². The summed E-state index contributed by atoms with van der Waals surface area (Å²) in [4.78, 5) is 38.6. The fraction of sp³-hybridized carbons (Fsp3) is 0.500. The van der Waals surface area contributed by atoms with Crippen LogP contribution >= 0.6 is 0 Å². The number of amides is 3. The Labute approximate surface area is 139 Å². The topological polar surface area (TPSA) is 92.5 Å². The summed E-state index contributed by atoms with van der Waals surface area (Å²) in [7, 11) is 0. The molecule has 1 spiro atoms. The zero-order valence-corrected chi connectivity index (χ0v) is 13.2. The molecule has 5 rings (SSSR count). The van der Waals surface area contributed by atoms with E-state index in [0.717, 1.165) is 30.4 Å². The highest BCUT2D eigenvalue weighted by molar-refractivity contribution is 6.06. The summed E-state index contributed by atoms with van der Waals surface area (Å²) >= 11 is 0. The molecule has 6 nitrogen and oxygen atoms in total. The first kappa shape index (κ1) is 14.2. The van der Waals surface area contributed by atoms with Gasteiger partial charge in [0.2, 0.25) is 11.8 Å². The van der Waals surface area contributed by atoms with Gasteiger partial charge < -0.3 is 10.6 Å². The molecule has 1 aromatic rings. The van der Waals surface area contributed by atoms with E-state index in [4.69, 9.17) is 5.73 Å². The number of hydrogen-bond donors (Lipinski definition) is 2. The second-order valence-electron chi connectivity index (χ2n) is 7.55. The van der Waals surface area contributed by atoms with Crippen LogP contribution < -0.4 is 11.1 Å². The van der Waals surface area contributed by atoms with Crippen LogP contribution in [0.3, 0.4) is 0 Å². The monoisotopic (exact) mass is 325 g/mol. The Balaban J connectivity index is 1.61. The average molecular weight is 325 g/mol. The van der Waals surface area contributed by atoms with Crippen LogP contribution in [0.2, 0.25) is 0 Å². The van der Waals surface area contributed by atoms with E-state index in [1.807, 2.05) is 18.2 Å². The number of carbonyl (C=O) groups excluding carboxylic acids is 3. The number of hydrogen-bond acceptors (Lipinski definition) is 4. The summed E-state index contributed by atoms with van der Waals surface area (Å²) in [6.07, 6.45) is 3.65. The number of nitrogens with one attached hydrogen (secondary N) is 1. The number of imide groups is 1. The third kappa shape index (κ3) is 1.66. The number of nitrogens with zero attached hydrogens (tertiary/aromatic N) is 1. The molecule has 0 bridgehead atoms. The van der Waals surface area contributed by atoms with Crippen molar-refractivity contribution < 1.29 is 14.4 Å². The summed E-state index contributed by atoms with van der Waals surface area (Å²) in [6, 6.07) is 5.06. The van der Waals surface area contributed by atoms with Crippen molar-refractivity contribution in [1.82, 2.24) is 10.2 Å². The molecule has 1 saturated carbocycles. The predicted molar refractivity (Wildman–Crippen MR) is 84.7 cm³/mol. The Morgan fingerprint density at radius 2 is 1.96 bits per heavy atom. The molecule has 3 N–H and O–H groups in total. The van der Waals surface area contributed by atoms with Crippen molar-refractivity contribution >= 4 is 17.7 Å². The molecule has 4 aliphatic rings. The van der Waals surface area contributed by atoms with Crippen molar-refractivity contribution in [3.8, 4) is 0 Å². The molecule has 24 heavy (non-hydrogen) atoms. The van der Waals surface area contributed by atoms with Gasteiger partial charge in [-0.25, -0.2) is 0 Å². The van der Waals surface area contributed by atoms with Crippen LogP contribution in [0, 0.1) is 5.41 Å². The lowest BCUT2D eigenvalue weighted by Crippen LogP contribution is -2.54. The van der Waals surface area contributed by atoms with E-state index in [9.17, 15) is 14.4 Å². The molecular weight excluding hydrogens is 306 g/mol. The van der Waals surface area contributed by atoms with E-state index >= 15 is 0 Å². The predicted octanol–water partition coefficient (Wildman–Crippen LogP) is 1.17. The molecule has 3 atom stereocenters. The van der Waals surface area contributed by atoms with Gasteiger partial charge in [-0.1, -0.05) is 12.1 Å². The maximum Gasteiger partial charge on any atom is 0.255 e. The fourth-order valence-electron chi connectivity index (χ4n) is 4.86. The maximum atomic E-state index is 13.0. The molecule has 3 amide bonds. The number of nitrogens with two attached hydrogens (primary N) is 1. The third-order valence-corrected chi connectivity index (χ3v) is 6.31. The minimum atomic E-state index is -0.564. The van der Waals surface area contributed by atoms with E-state index < -0.39 is 6.04 Å². The second kappa shape index (κ2) is 4.45. The zero-order valence-electron chi connectivity index (χ0n) is 13.2. The Bertz CT molecular complexity index is 799. The van der Waals surface area contributed by atoms with E-state index in [2.05, 4.69) is 5.32 Å². The Kier molecular flexibility index (Phi) is 2.62. The van der Waals surface area contributed by atoms with Crippen molar-refractivity contribution in [2.75, 3.05) is 0 Å².